The molecule has 27 heavy (non-hydrogen) atoms. The number of hydrogen-bond acceptors (Lipinski definition) is 5. The van der Waals surface area contributed by atoms with Crippen molar-refractivity contribution in [3.05, 3.63) is 48.2 Å². The number of Topliss-reactive ketones (excluding diaryl/α,β-unsaturated/α-hetero) is 1. The highest BCUT2D eigenvalue weighted by Crippen LogP contribution is 2.19. The number of hydrogen-bond donors (Lipinski definition) is 1. The average Bonchev–Trinajstić information content (AvgIpc) is 3.22. The molecule has 0 saturated carbocycles. The third-order valence-electron chi connectivity index (χ3n) is 4.53. The normalized spacial score (nSPS) is 13.4. The lowest BCUT2D eigenvalue weighted by molar-refractivity contribution is -0.116. The van der Waals surface area contributed by atoms with E-state index in [9.17, 15) is 9.59 Å². The fourth-order valence-corrected chi connectivity index (χ4v) is 3.09. The summed E-state index contributed by atoms with van der Waals surface area (Å²) in [5.74, 6) is 1.42. The molecule has 2 heterocycles. The SMILES string of the molecule is CCOc1ccc(C(=O)CCC(=O)Nc2ccc(N3CCCC3)nc2)cc1. The average molecular weight is 367 g/mol. The van der Waals surface area contributed by atoms with Gasteiger partial charge in [0.05, 0.1) is 18.5 Å². The topological polar surface area (TPSA) is 71.5 Å². The van der Waals surface area contributed by atoms with Gasteiger partial charge in [0.2, 0.25) is 5.91 Å². The van der Waals surface area contributed by atoms with Crippen LogP contribution in [0.5, 0.6) is 5.75 Å². The summed E-state index contributed by atoms with van der Waals surface area (Å²) >= 11 is 0. The number of nitrogens with one attached hydrogen (secondary N) is 1. The van der Waals surface area contributed by atoms with E-state index in [1.165, 1.54) is 12.8 Å². The molecule has 1 amide bonds. The summed E-state index contributed by atoms with van der Waals surface area (Å²) < 4.78 is 5.36. The Morgan fingerprint density at radius 3 is 2.44 bits per heavy atom. The number of ether oxygens (including phenoxy) is 1. The summed E-state index contributed by atoms with van der Waals surface area (Å²) in [7, 11) is 0. The zero-order valence-corrected chi connectivity index (χ0v) is 15.6. The Hall–Kier alpha value is -2.89. The molecule has 2 aromatic rings. The molecule has 0 unspecified atom stereocenters. The molecule has 0 spiro atoms. The summed E-state index contributed by atoms with van der Waals surface area (Å²) in [5.41, 5.74) is 1.24. The second-order valence-electron chi connectivity index (χ2n) is 6.53. The van der Waals surface area contributed by atoms with E-state index in [-0.39, 0.29) is 24.5 Å². The van der Waals surface area contributed by atoms with Crippen molar-refractivity contribution in [3.63, 3.8) is 0 Å². The Bertz CT molecular complexity index is 766. The van der Waals surface area contributed by atoms with Crippen molar-refractivity contribution in [1.29, 1.82) is 0 Å². The van der Waals surface area contributed by atoms with Crippen LogP contribution in [-0.4, -0.2) is 36.4 Å². The number of carbonyl (C=O) groups excluding carboxylic acids is 2. The molecule has 1 aliphatic rings. The van der Waals surface area contributed by atoms with E-state index in [0.29, 0.717) is 17.9 Å². The lowest BCUT2D eigenvalue weighted by atomic mass is 10.1. The quantitative estimate of drug-likeness (QED) is 0.721. The second kappa shape index (κ2) is 9.16. The largest absolute Gasteiger partial charge is 0.494 e. The molecule has 1 fully saturated rings. The van der Waals surface area contributed by atoms with E-state index in [1.54, 1.807) is 30.5 Å². The molecule has 1 aliphatic heterocycles. The number of benzene rings is 1. The Morgan fingerprint density at radius 1 is 1.07 bits per heavy atom. The van der Waals surface area contributed by atoms with Crippen molar-refractivity contribution in [3.8, 4) is 5.75 Å². The Labute approximate surface area is 159 Å². The van der Waals surface area contributed by atoms with Crippen LogP contribution in [0.3, 0.4) is 0 Å². The third-order valence-corrected chi connectivity index (χ3v) is 4.53. The number of aromatic nitrogens is 1. The molecule has 1 N–H and O–H groups in total. The number of carbonyl (C=O) groups is 2. The van der Waals surface area contributed by atoms with Gasteiger partial charge in [-0.25, -0.2) is 4.98 Å². The van der Waals surface area contributed by atoms with Crippen LogP contribution in [0.15, 0.2) is 42.6 Å². The summed E-state index contributed by atoms with van der Waals surface area (Å²) in [5, 5.41) is 2.80. The van der Waals surface area contributed by atoms with Crippen LogP contribution < -0.4 is 15.0 Å². The number of pyridine rings is 1. The maximum atomic E-state index is 12.2. The highest BCUT2D eigenvalue weighted by molar-refractivity contribution is 6.00. The zero-order valence-electron chi connectivity index (χ0n) is 15.6. The van der Waals surface area contributed by atoms with E-state index in [0.717, 1.165) is 24.7 Å². The summed E-state index contributed by atoms with van der Waals surface area (Å²) in [4.78, 5) is 31.0. The predicted octanol–water partition coefficient (Wildman–Crippen LogP) is 3.68. The lowest BCUT2D eigenvalue weighted by Gasteiger charge is -2.16. The first-order valence-electron chi connectivity index (χ1n) is 9.42. The van der Waals surface area contributed by atoms with Gasteiger partial charge in [-0.1, -0.05) is 0 Å². The van der Waals surface area contributed by atoms with E-state index < -0.39 is 0 Å². The Morgan fingerprint density at radius 2 is 1.81 bits per heavy atom. The number of nitrogens with zero attached hydrogens (tertiary/aromatic N) is 2. The monoisotopic (exact) mass is 367 g/mol. The minimum absolute atomic E-state index is 0.0595. The van der Waals surface area contributed by atoms with Crippen LogP contribution in [0.2, 0.25) is 0 Å². The smallest absolute Gasteiger partial charge is 0.224 e. The standard InChI is InChI=1S/C21H25N3O3/c1-2-27-18-8-5-16(6-9-18)19(25)10-12-21(26)23-17-7-11-20(22-15-17)24-13-3-4-14-24/h5-9,11,15H,2-4,10,12-14H2,1H3,(H,23,26). The molecular formula is C21H25N3O3. The van der Waals surface area contributed by atoms with Crippen LogP contribution in [0.25, 0.3) is 0 Å². The van der Waals surface area contributed by atoms with Gasteiger partial charge in [-0.15, -0.1) is 0 Å². The molecule has 6 heteroatoms. The number of rotatable bonds is 8. The second-order valence-corrected chi connectivity index (χ2v) is 6.53. The maximum absolute atomic E-state index is 12.2. The first-order valence-corrected chi connectivity index (χ1v) is 9.42. The van der Waals surface area contributed by atoms with Gasteiger partial charge in [0.25, 0.3) is 0 Å². The Balaban J connectivity index is 1.46. The molecule has 6 nitrogen and oxygen atoms in total. The van der Waals surface area contributed by atoms with Crippen molar-refractivity contribution in [2.75, 3.05) is 29.9 Å². The Kier molecular flexibility index (Phi) is 6.41. The van der Waals surface area contributed by atoms with E-state index in [2.05, 4.69) is 15.2 Å². The van der Waals surface area contributed by atoms with E-state index in [4.69, 9.17) is 4.74 Å². The molecule has 0 bridgehead atoms. The number of anilines is 2. The van der Waals surface area contributed by atoms with Crippen LogP contribution >= 0.6 is 0 Å². The van der Waals surface area contributed by atoms with Crippen LogP contribution in [0.4, 0.5) is 11.5 Å². The number of amides is 1. The third kappa shape index (κ3) is 5.29. The van der Waals surface area contributed by atoms with Crippen molar-refractivity contribution in [2.24, 2.45) is 0 Å². The molecule has 0 radical (unpaired) electrons. The van der Waals surface area contributed by atoms with Gasteiger partial charge in [-0.3, -0.25) is 9.59 Å². The minimum atomic E-state index is -0.190. The van der Waals surface area contributed by atoms with Gasteiger partial charge in [-0.2, -0.15) is 0 Å². The molecule has 1 aromatic carbocycles. The summed E-state index contributed by atoms with van der Waals surface area (Å²) in [6, 6.07) is 10.8. The molecule has 1 saturated heterocycles. The van der Waals surface area contributed by atoms with E-state index >= 15 is 0 Å². The van der Waals surface area contributed by atoms with Crippen LogP contribution in [-0.2, 0) is 4.79 Å². The van der Waals surface area contributed by atoms with Crippen molar-refractivity contribution < 1.29 is 14.3 Å². The van der Waals surface area contributed by atoms with Crippen LogP contribution in [0.1, 0.15) is 43.0 Å². The van der Waals surface area contributed by atoms with Gasteiger partial charge >= 0.3 is 0 Å². The summed E-state index contributed by atoms with van der Waals surface area (Å²) in [6.45, 7) is 4.56. The van der Waals surface area contributed by atoms with Gasteiger partial charge in [0, 0.05) is 31.5 Å². The molecular weight excluding hydrogens is 342 g/mol. The fourth-order valence-electron chi connectivity index (χ4n) is 3.09. The first-order chi connectivity index (χ1) is 13.2. The highest BCUT2D eigenvalue weighted by Gasteiger charge is 2.14. The van der Waals surface area contributed by atoms with Gasteiger partial charge in [0.1, 0.15) is 11.6 Å². The fraction of sp³-hybridized carbons (Fsp3) is 0.381. The van der Waals surface area contributed by atoms with Gasteiger partial charge in [-0.05, 0) is 56.2 Å². The minimum Gasteiger partial charge on any atom is -0.494 e. The van der Waals surface area contributed by atoms with Gasteiger partial charge < -0.3 is 15.0 Å². The van der Waals surface area contributed by atoms with E-state index in [1.807, 2.05) is 19.1 Å². The number of ketones is 1. The maximum Gasteiger partial charge on any atom is 0.224 e. The highest BCUT2D eigenvalue weighted by atomic mass is 16.5. The summed E-state index contributed by atoms with van der Waals surface area (Å²) in [6.07, 6.45) is 4.37. The van der Waals surface area contributed by atoms with Crippen molar-refractivity contribution in [2.45, 2.75) is 32.6 Å². The molecule has 3 rings (SSSR count). The molecule has 0 atom stereocenters. The van der Waals surface area contributed by atoms with Crippen LogP contribution in [0, 0.1) is 0 Å². The van der Waals surface area contributed by atoms with Gasteiger partial charge in [0.15, 0.2) is 5.78 Å². The molecule has 142 valence electrons. The molecule has 1 aromatic heterocycles. The van der Waals surface area contributed by atoms with Crippen molar-refractivity contribution in [1.82, 2.24) is 4.98 Å². The first kappa shape index (κ1) is 18.9. The zero-order chi connectivity index (χ0) is 19.1. The van der Waals surface area contributed by atoms with Crippen molar-refractivity contribution >= 4 is 23.2 Å². The predicted molar refractivity (Wildman–Crippen MR) is 105 cm³/mol. The molecule has 0 aliphatic carbocycles. The lowest BCUT2D eigenvalue weighted by Crippen LogP contribution is -2.19.